The number of rotatable bonds is 5. The van der Waals surface area contributed by atoms with Crippen LogP contribution in [0.1, 0.15) is 51.9 Å². The van der Waals surface area contributed by atoms with Gasteiger partial charge in [-0.1, -0.05) is 44.5 Å². The molecule has 3 aromatic heterocycles. The Hall–Kier alpha value is -4.12. The molecule has 4 heterocycles. The van der Waals surface area contributed by atoms with Crippen LogP contribution in [0.15, 0.2) is 41.5 Å². The summed E-state index contributed by atoms with van der Waals surface area (Å²) in [5, 5.41) is 10.3. The summed E-state index contributed by atoms with van der Waals surface area (Å²) in [6.45, 7) is 10.1. The number of aryl methyl sites for hydroxylation is 1. The van der Waals surface area contributed by atoms with Crippen molar-refractivity contribution >= 4 is 34.5 Å². The van der Waals surface area contributed by atoms with Crippen molar-refractivity contribution in [2.75, 3.05) is 18.0 Å². The first-order valence-corrected chi connectivity index (χ1v) is 13.9. The van der Waals surface area contributed by atoms with Crippen LogP contribution in [-0.2, 0) is 6.42 Å². The summed E-state index contributed by atoms with van der Waals surface area (Å²) in [5.74, 6) is -0.221. The number of benzene rings is 1. The summed E-state index contributed by atoms with van der Waals surface area (Å²) in [6, 6.07) is 7.17. The fraction of sp³-hybridized carbons (Fsp3) is 0.379. The molecule has 0 radical (unpaired) electrons. The van der Waals surface area contributed by atoms with E-state index >= 15 is 0 Å². The monoisotopic (exact) mass is 579 g/mol. The molecule has 10 nitrogen and oxygen atoms in total. The number of carbonyl (C=O) groups is 1. The molecule has 0 bridgehead atoms. The lowest BCUT2D eigenvalue weighted by Gasteiger charge is -2.43. The Morgan fingerprint density at radius 3 is 2.54 bits per heavy atom. The third-order valence-electron chi connectivity index (χ3n) is 7.47. The average Bonchev–Trinajstić information content (AvgIpc) is 2.93. The summed E-state index contributed by atoms with van der Waals surface area (Å²) in [5.41, 5.74) is 1.78. The molecular formula is C29H31ClFN7O3. The molecule has 1 fully saturated rings. The van der Waals surface area contributed by atoms with Crippen molar-refractivity contribution in [3.63, 3.8) is 0 Å². The number of aromatic nitrogens is 5. The van der Waals surface area contributed by atoms with Crippen molar-refractivity contribution in [3.8, 4) is 16.9 Å². The molecule has 1 N–H and O–H groups in total. The first-order valence-electron chi connectivity index (χ1n) is 13.5. The molecule has 1 saturated heterocycles. The highest BCUT2D eigenvalue weighted by Gasteiger charge is 2.35. The highest BCUT2D eigenvalue weighted by Crippen LogP contribution is 2.36. The highest BCUT2D eigenvalue weighted by atomic mass is 35.5. The van der Waals surface area contributed by atoms with E-state index in [0.29, 0.717) is 41.2 Å². The van der Waals surface area contributed by atoms with Crippen molar-refractivity contribution in [2.24, 2.45) is 0 Å². The molecule has 0 spiro atoms. The van der Waals surface area contributed by atoms with Crippen LogP contribution in [0.2, 0.25) is 5.02 Å². The number of fused-ring (bicyclic) bond motifs is 1. The van der Waals surface area contributed by atoms with Gasteiger partial charge in [0.2, 0.25) is 0 Å². The zero-order chi connectivity index (χ0) is 29.6. The van der Waals surface area contributed by atoms with E-state index in [1.54, 1.807) is 24.3 Å². The third-order valence-corrected chi connectivity index (χ3v) is 7.75. The van der Waals surface area contributed by atoms with Crippen molar-refractivity contribution in [1.29, 1.82) is 0 Å². The zero-order valence-electron chi connectivity index (χ0n) is 23.5. The minimum Gasteiger partial charge on any atom is -0.465 e. The van der Waals surface area contributed by atoms with Crippen LogP contribution in [0.5, 0.6) is 0 Å². The molecule has 5 rings (SSSR count). The maximum Gasteiger partial charge on any atom is 0.407 e. The lowest BCUT2D eigenvalue weighted by molar-refractivity contribution is 0.114. The minimum atomic E-state index is -1.01. The summed E-state index contributed by atoms with van der Waals surface area (Å²) in [7, 11) is 0. The van der Waals surface area contributed by atoms with Gasteiger partial charge >= 0.3 is 11.8 Å². The number of hydrogen-bond acceptors (Lipinski definition) is 7. The largest absolute Gasteiger partial charge is 0.465 e. The highest BCUT2D eigenvalue weighted by molar-refractivity contribution is 6.33. The van der Waals surface area contributed by atoms with E-state index < -0.39 is 17.6 Å². The van der Waals surface area contributed by atoms with Crippen molar-refractivity contribution < 1.29 is 14.3 Å². The van der Waals surface area contributed by atoms with E-state index in [1.165, 1.54) is 21.9 Å². The normalized spacial score (nSPS) is 17.5. The Labute approximate surface area is 241 Å². The van der Waals surface area contributed by atoms with Crippen LogP contribution >= 0.6 is 11.6 Å². The van der Waals surface area contributed by atoms with Gasteiger partial charge in [0.25, 0.3) is 0 Å². The van der Waals surface area contributed by atoms with Gasteiger partial charge in [0.05, 0.1) is 33.2 Å². The van der Waals surface area contributed by atoms with Crippen LogP contribution in [0.3, 0.4) is 0 Å². The van der Waals surface area contributed by atoms with Crippen LogP contribution in [0, 0.1) is 5.82 Å². The Balaban J connectivity index is 1.86. The maximum absolute atomic E-state index is 15.0. The number of carboxylic acid groups (broad SMARTS) is 1. The molecule has 4 aromatic rings. The molecule has 0 unspecified atom stereocenters. The molecule has 214 valence electrons. The lowest BCUT2D eigenvalue weighted by Crippen LogP contribution is -2.58. The van der Waals surface area contributed by atoms with Gasteiger partial charge in [0.15, 0.2) is 5.65 Å². The topological polar surface area (TPSA) is 117 Å². The minimum absolute atomic E-state index is 0.0526. The van der Waals surface area contributed by atoms with Gasteiger partial charge in [0, 0.05) is 30.7 Å². The summed E-state index contributed by atoms with van der Waals surface area (Å²) < 4.78 is 16.4. The van der Waals surface area contributed by atoms with Crippen LogP contribution in [-0.4, -0.2) is 65.8 Å². The molecular weight excluding hydrogens is 549 g/mol. The lowest BCUT2D eigenvalue weighted by atomic mass is 10.0. The Morgan fingerprint density at radius 2 is 1.88 bits per heavy atom. The van der Waals surface area contributed by atoms with E-state index in [1.807, 2.05) is 39.5 Å². The van der Waals surface area contributed by atoms with Crippen molar-refractivity contribution in [1.82, 2.24) is 29.4 Å². The molecule has 41 heavy (non-hydrogen) atoms. The quantitative estimate of drug-likeness (QED) is 0.339. The number of anilines is 1. The zero-order valence-corrected chi connectivity index (χ0v) is 24.2. The number of hydrogen-bond donors (Lipinski definition) is 1. The second-order valence-electron chi connectivity index (χ2n) is 10.6. The van der Waals surface area contributed by atoms with Gasteiger partial charge in [-0.25, -0.2) is 33.5 Å². The Bertz CT molecular complexity index is 1710. The van der Waals surface area contributed by atoms with E-state index in [-0.39, 0.29) is 46.5 Å². The number of amides is 1. The fourth-order valence-electron chi connectivity index (χ4n) is 5.41. The van der Waals surface area contributed by atoms with E-state index in [9.17, 15) is 19.1 Å². The molecule has 1 amide bonds. The van der Waals surface area contributed by atoms with Crippen LogP contribution < -0.4 is 10.6 Å². The number of piperazine rings is 1. The summed E-state index contributed by atoms with van der Waals surface area (Å²) >= 11 is 6.76. The first kappa shape index (κ1) is 28.4. The van der Waals surface area contributed by atoms with Crippen LogP contribution in [0.4, 0.5) is 15.0 Å². The number of halogens is 2. The second-order valence-corrected chi connectivity index (χ2v) is 11.0. The third kappa shape index (κ3) is 4.99. The van der Waals surface area contributed by atoms with E-state index in [0.717, 1.165) is 0 Å². The summed E-state index contributed by atoms with van der Waals surface area (Å²) in [4.78, 5) is 47.4. The molecule has 0 saturated carbocycles. The average molecular weight is 580 g/mol. The first-order chi connectivity index (χ1) is 19.5. The molecule has 1 aliphatic rings. The molecule has 12 heteroatoms. The van der Waals surface area contributed by atoms with Crippen molar-refractivity contribution in [2.45, 2.75) is 59.0 Å². The Kier molecular flexibility index (Phi) is 7.65. The predicted octanol–water partition coefficient (Wildman–Crippen LogP) is 5.29. The number of nitrogens with zero attached hydrogens (tertiary/aromatic N) is 7. The van der Waals surface area contributed by atoms with Crippen LogP contribution in [0.25, 0.3) is 28.0 Å². The summed E-state index contributed by atoms with van der Waals surface area (Å²) in [6.07, 6.45) is 0.994. The maximum atomic E-state index is 15.0. The molecule has 1 aliphatic heterocycles. The number of pyridine rings is 1. The SMILES string of the molecule is CCc1ncnc(C(C)C)c1-n1c(=O)nc(N2C[C@@H](C)N(C(=O)O)C[C@@H]2C)c2cc(Cl)c(-c3ccccc3F)nc21. The molecule has 1 aromatic carbocycles. The molecule has 2 atom stereocenters. The van der Waals surface area contributed by atoms with Gasteiger partial charge in [-0.05, 0) is 44.4 Å². The van der Waals surface area contributed by atoms with Gasteiger partial charge in [-0.15, -0.1) is 0 Å². The van der Waals surface area contributed by atoms with Crippen molar-refractivity contribution in [3.05, 3.63) is 69.4 Å². The smallest absolute Gasteiger partial charge is 0.407 e. The fourth-order valence-corrected chi connectivity index (χ4v) is 5.67. The standard InChI is InChI=1S/C29H31ClFN7O3/c1-6-22-25(23(15(2)3)33-14-32-22)38-27-19(11-20(30)24(34-27)18-9-7-8-10-21(18)31)26(35-28(38)39)36-12-17(5)37(29(40)41)13-16(36)4/h7-11,14-17H,6,12-13H2,1-5H3,(H,40,41)/t16-,17+/m0/s1. The predicted molar refractivity (Wildman–Crippen MR) is 156 cm³/mol. The van der Waals surface area contributed by atoms with Gasteiger partial charge < -0.3 is 14.9 Å². The van der Waals surface area contributed by atoms with E-state index in [2.05, 4.69) is 15.0 Å². The van der Waals surface area contributed by atoms with E-state index in [4.69, 9.17) is 16.6 Å². The van der Waals surface area contributed by atoms with Gasteiger partial charge in [-0.3, -0.25) is 0 Å². The molecule has 0 aliphatic carbocycles. The van der Waals surface area contributed by atoms with Gasteiger partial charge in [-0.2, -0.15) is 4.98 Å². The Morgan fingerprint density at radius 1 is 1.15 bits per heavy atom. The second kappa shape index (κ2) is 11.0. The van der Waals surface area contributed by atoms with Gasteiger partial charge in [0.1, 0.15) is 18.0 Å².